The Morgan fingerprint density at radius 1 is 0.837 bits per heavy atom. The van der Waals surface area contributed by atoms with Crippen LogP contribution in [0.15, 0.2) is 72.1 Å². The van der Waals surface area contributed by atoms with Gasteiger partial charge in [-0.15, -0.1) is 0 Å². The zero-order valence-electron chi connectivity index (χ0n) is 27.6. The Labute approximate surface area is 282 Å². The van der Waals surface area contributed by atoms with E-state index in [1.54, 1.807) is 24.6 Å². The van der Waals surface area contributed by atoms with Crippen LogP contribution in [0, 0.1) is 20.2 Å². The summed E-state index contributed by atoms with van der Waals surface area (Å²) in [5.41, 5.74) is 0.404. The zero-order chi connectivity index (χ0) is 35.7. The summed E-state index contributed by atoms with van der Waals surface area (Å²) in [6, 6.07) is 4.18. The molecule has 0 fully saturated rings. The lowest BCUT2D eigenvalue weighted by Gasteiger charge is -2.22. The Morgan fingerprint density at radius 3 is 1.86 bits per heavy atom. The van der Waals surface area contributed by atoms with Crippen LogP contribution in [-0.4, -0.2) is 83.2 Å². The molecular weight excluding hydrogens is 640 g/mol. The summed E-state index contributed by atoms with van der Waals surface area (Å²) in [5.74, 6) is -0.948. The summed E-state index contributed by atoms with van der Waals surface area (Å²) in [6.45, 7) is 3.73. The van der Waals surface area contributed by atoms with Crippen molar-refractivity contribution >= 4 is 23.2 Å². The molecule has 4 rings (SSSR count). The minimum absolute atomic E-state index is 0.00173. The summed E-state index contributed by atoms with van der Waals surface area (Å²) < 4.78 is 22.3. The van der Waals surface area contributed by atoms with E-state index >= 15 is 0 Å². The maximum Gasteiger partial charge on any atom is 0.286 e. The van der Waals surface area contributed by atoms with E-state index in [0.717, 1.165) is 23.3 Å². The van der Waals surface area contributed by atoms with Gasteiger partial charge in [0, 0.05) is 37.5 Å². The molecule has 1 atom stereocenters. The van der Waals surface area contributed by atoms with Gasteiger partial charge in [-0.2, -0.15) is 0 Å². The molecule has 0 aliphatic carbocycles. The molecule has 15 heteroatoms. The average molecular weight is 679 g/mol. The van der Waals surface area contributed by atoms with Gasteiger partial charge >= 0.3 is 0 Å². The summed E-state index contributed by atoms with van der Waals surface area (Å²) in [6.07, 6.45) is 11.8. The standard InChI is InChI=1S/C34H38N4O11/c1-5-8-22-10-11-35(19-22)33(40)25-15-29(46-3)31(17-27(25)37(42)43)48-12-7-13-49-32-18-28(38(44)45)26(16-30(32)47-4)34(41)36-20-23(9-6-2)14-24(36)21-39/h5-6,8-9,15-20,24,39H,7,10-14,21H2,1-4H3/b8-5+,9-6+. The summed E-state index contributed by atoms with van der Waals surface area (Å²) >= 11 is 0. The van der Waals surface area contributed by atoms with Crippen LogP contribution < -0.4 is 18.9 Å². The molecule has 0 saturated heterocycles. The van der Waals surface area contributed by atoms with Gasteiger partial charge in [-0.25, -0.2) is 0 Å². The number of hydrogen-bond donors (Lipinski definition) is 1. The van der Waals surface area contributed by atoms with E-state index in [1.165, 1.54) is 36.2 Å². The van der Waals surface area contributed by atoms with Gasteiger partial charge < -0.3 is 33.9 Å². The molecule has 2 heterocycles. The molecule has 1 unspecified atom stereocenters. The van der Waals surface area contributed by atoms with Crippen LogP contribution in [0.2, 0.25) is 0 Å². The first-order valence-corrected chi connectivity index (χ1v) is 15.5. The molecule has 0 radical (unpaired) electrons. The predicted molar refractivity (Wildman–Crippen MR) is 178 cm³/mol. The Hall–Kier alpha value is -5.70. The van der Waals surface area contributed by atoms with Crippen molar-refractivity contribution in [3.63, 3.8) is 0 Å². The number of hydrogen-bond acceptors (Lipinski definition) is 11. The second-order valence-corrected chi connectivity index (χ2v) is 11.0. The number of nitro groups is 2. The van der Waals surface area contributed by atoms with Gasteiger partial charge in [0.15, 0.2) is 23.0 Å². The van der Waals surface area contributed by atoms with Crippen molar-refractivity contribution in [2.75, 3.05) is 40.6 Å². The van der Waals surface area contributed by atoms with Crippen LogP contribution in [-0.2, 0) is 0 Å². The SMILES string of the molecule is C/C=C/C1=CN(C(=O)c2cc(OC)c(OCCCOc3cc([N+](=O)[O-])c(C(=O)N4C=C(/C=C/C)CC4CO)cc3OC)cc2[N+](=O)[O-])CC1. The number of carbonyl (C=O) groups is 2. The number of aliphatic hydroxyl groups is 1. The monoisotopic (exact) mass is 678 g/mol. The number of carbonyl (C=O) groups excluding carboxylic acids is 2. The smallest absolute Gasteiger partial charge is 0.286 e. The van der Waals surface area contributed by atoms with Gasteiger partial charge in [-0.1, -0.05) is 24.3 Å². The number of aliphatic hydroxyl groups excluding tert-OH is 1. The molecule has 0 spiro atoms. The van der Waals surface area contributed by atoms with Crippen LogP contribution in [0.1, 0.15) is 53.8 Å². The number of methoxy groups -OCH3 is 2. The molecule has 260 valence electrons. The second-order valence-electron chi connectivity index (χ2n) is 11.0. The second kappa shape index (κ2) is 16.4. The molecule has 49 heavy (non-hydrogen) atoms. The molecule has 0 aromatic heterocycles. The molecule has 2 aliphatic rings. The maximum atomic E-state index is 13.4. The minimum atomic E-state index is -0.696. The largest absolute Gasteiger partial charge is 0.493 e. The molecule has 2 aromatic carbocycles. The topological polar surface area (TPSA) is 184 Å². The van der Waals surface area contributed by atoms with E-state index < -0.39 is 39.1 Å². The molecule has 0 saturated carbocycles. The minimum Gasteiger partial charge on any atom is -0.493 e. The number of nitrogens with zero attached hydrogens (tertiary/aromatic N) is 4. The van der Waals surface area contributed by atoms with Crippen LogP contribution in [0.3, 0.4) is 0 Å². The lowest BCUT2D eigenvalue weighted by molar-refractivity contribution is -0.385. The molecule has 1 N–H and O–H groups in total. The van der Waals surface area contributed by atoms with Crippen LogP contribution in [0.4, 0.5) is 11.4 Å². The third-order valence-electron chi connectivity index (χ3n) is 7.82. The van der Waals surface area contributed by atoms with Crippen molar-refractivity contribution in [1.29, 1.82) is 0 Å². The first-order chi connectivity index (χ1) is 23.6. The third-order valence-corrected chi connectivity index (χ3v) is 7.82. The molecule has 15 nitrogen and oxygen atoms in total. The predicted octanol–water partition coefficient (Wildman–Crippen LogP) is 5.34. The Kier molecular flexibility index (Phi) is 12.1. The Bertz CT molecular complexity index is 1730. The van der Waals surface area contributed by atoms with Gasteiger partial charge in [-0.3, -0.25) is 29.8 Å². The van der Waals surface area contributed by atoms with Gasteiger partial charge in [0.25, 0.3) is 23.2 Å². The first-order valence-electron chi connectivity index (χ1n) is 15.5. The van der Waals surface area contributed by atoms with Gasteiger partial charge in [-0.05, 0) is 37.8 Å². The van der Waals surface area contributed by atoms with Crippen molar-refractivity contribution in [3.8, 4) is 23.0 Å². The van der Waals surface area contributed by atoms with Crippen molar-refractivity contribution in [3.05, 3.63) is 103 Å². The van der Waals surface area contributed by atoms with Crippen molar-refractivity contribution < 1.29 is 43.5 Å². The first kappa shape index (κ1) is 36.1. The fourth-order valence-corrected chi connectivity index (χ4v) is 5.49. The van der Waals surface area contributed by atoms with Crippen LogP contribution >= 0.6 is 0 Å². The van der Waals surface area contributed by atoms with Gasteiger partial charge in [0.1, 0.15) is 11.1 Å². The quantitative estimate of drug-likeness (QED) is 0.146. The summed E-state index contributed by atoms with van der Waals surface area (Å²) in [4.78, 5) is 51.9. The number of amides is 2. The normalized spacial score (nSPS) is 15.8. The maximum absolute atomic E-state index is 13.4. The fraction of sp³-hybridized carbons (Fsp3) is 0.353. The molecular formula is C34H38N4O11. The number of allylic oxidation sites excluding steroid dienone is 4. The Morgan fingerprint density at radius 2 is 1.37 bits per heavy atom. The van der Waals surface area contributed by atoms with E-state index in [0.29, 0.717) is 19.4 Å². The van der Waals surface area contributed by atoms with E-state index in [2.05, 4.69) is 0 Å². The third kappa shape index (κ3) is 8.24. The van der Waals surface area contributed by atoms with Crippen LogP contribution in [0.25, 0.3) is 0 Å². The summed E-state index contributed by atoms with van der Waals surface area (Å²) in [7, 11) is 2.68. The van der Waals surface area contributed by atoms with E-state index in [9.17, 15) is 34.9 Å². The van der Waals surface area contributed by atoms with E-state index in [4.69, 9.17) is 18.9 Å². The number of nitro benzene ring substituents is 2. The van der Waals surface area contributed by atoms with E-state index in [-0.39, 0.29) is 60.4 Å². The lowest BCUT2D eigenvalue weighted by Crippen LogP contribution is -2.35. The molecule has 2 aromatic rings. The molecule has 2 amide bonds. The average Bonchev–Trinajstić information content (AvgIpc) is 3.74. The number of ether oxygens (including phenoxy) is 4. The van der Waals surface area contributed by atoms with Gasteiger partial charge in [0.2, 0.25) is 0 Å². The van der Waals surface area contributed by atoms with Crippen molar-refractivity contribution in [2.45, 2.75) is 39.2 Å². The number of rotatable bonds is 15. The van der Waals surface area contributed by atoms with Crippen LogP contribution in [0.5, 0.6) is 23.0 Å². The fourth-order valence-electron chi connectivity index (χ4n) is 5.49. The molecule has 0 bridgehead atoms. The molecule has 2 aliphatic heterocycles. The summed E-state index contributed by atoms with van der Waals surface area (Å²) in [5, 5.41) is 33.8. The van der Waals surface area contributed by atoms with Gasteiger partial charge in [0.05, 0.1) is 62.1 Å². The lowest BCUT2D eigenvalue weighted by atomic mass is 10.1. The highest BCUT2D eigenvalue weighted by Gasteiger charge is 2.34. The Balaban J connectivity index is 1.46. The highest BCUT2D eigenvalue weighted by molar-refractivity contribution is 6.00. The van der Waals surface area contributed by atoms with Crippen molar-refractivity contribution in [1.82, 2.24) is 9.80 Å². The van der Waals surface area contributed by atoms with E-state index in [1.807, 2.05) is 26.0 Å². The number of benzene rings is 2. The highest BCUT2D eigenvalue weighted by atomic mass is 16.6. The zero-order valence-corrected chi connectivity index (χ0v) is 27.6. The highest BCUT2D eigenvalue weighted by Crippen LogP contribution is 2.38. The van der Waals surface area contributed by atoms with Crippen molar-refractivity contribution in [2.24, 2.45) is 0 Å².